The lowest BCUT2D eigenvalue weighted by Crippen LogP contribution is -2.38. The molecule has 0 fully saturated rings. The Labute approximate surface area is 170 Å². The van der Waals surface area contributed by atoms with Gasteiger partial charge in [-0.3, -0.25) is 9.36 Å². The molecule has 148 valence electrons. The Hall–Kier alpha value is -2.38. The fourth-order valence-electron chi connectivity index (χ4n) is 2.78. The third kappa shape index (κ3) is 4.20. The first-order chi connectivity index (χ1) is 13.3. The highest BCUT2D eigenvalue weighted by Crippen LogP contribution is 2.29. The number of hydrogen-bond acceptors (Lipinski definition) is 3. The first-order valence-electron chi connectivity index (χ1n) is 8.45. The number of amides is 1. The van der Waals surface area contributed by atoms with Gasteiger partial charge < -0.3 is 10.1 Å². The number of fused-ring (bicyclic) bond motifs is 1. The van der Waals surface area contributed by atoms with E-state index in [1.165, 1.54) is 13.0 Å². The van der Waals surface area contributed by atoms with Crippen LogP contribution in [0.1, 0.15) is 32.3 Å². The Morgan fingerprint density at radius 3 is 2.57 bits per heavy atom. The number of carbonyl (C=O) groups excluding carboxylic acids is 1. The number of benzene rings is 2. The smallest absolute Gasteiger partial charge is 0.320 e. The van der Waals surface area contributed by atoms with Gasteiger partial charge in [0.15, 0.2) is 6.10 Å². The minimum absolute atomic E-state index is 0.0567. The molecule has 1 aromatic heterocycles. The number of halogens is 4. The molecular weight excluding hydrogens is 411 g/mol. The monoisotopic (exact) mass is 427 g/mol. The van der Waals surface area contributed by atoms with Crippen molar-refractivity contribution in [3.05, 3.63) is 58.3 Å². The third-order valence-electron chi connectivity index (χ3n) is 4.13. The Bertz CT molecular complexity index is 1010. The van der Waals surface area contributed by atoms with E-state index in [-0.39, 0.29) is 10.8 Å². The zero-order chi connectivity index (χ0) is 20.4. The Morgan fingerprint density at radius 1 is 1.18 bits per heavy atom. The van der Waals surface area contributed by atoms with Crippen LogP contribution < -0.4 is 10.1 Å². The number of aromatic nitrogens is 2. The minimum atomic E-state index is -2.79. The second-order valence-corrected chi connectivity index (χ2v) is 7.02. The molecule has 0 bridgehead atoms. The Morgan fingerprint density at radius 2 is 1.89 bits per heavy atom. The first-order valence-corrected chi connectivity index (χ1v) is 9.20. The number of ether oxygens (including phenoxy) is 1. The van der Waals surface area contributed by atoms with Gasteiger partial charge in [0.25, 0.3) is 5.91 Å². The van der Waals surface area contributed by atoms with Crippen LogP contribution in [0, 0.1) is 0 Å². The molecule has 3 rings (SSSR count). The van der Waals surface area contributed by atoms with Crippen molar-refractivity contribution in [3.8, 4) is 5.75 Å². The van der Waals surface area contributed by atoms with Crippen LogP contribution in [0.25, 0.3) is 11.0 Å². The van der Waals surface area contributed by atoms with Gasteiger partial charge in [-0.05, 0) is 44.2 Å². The van der Waals surface area contributed by atoms with Gasteiger partial charge in [0.1, 0.15) is 11.6 Å². The highest BCUT2D eigenvalue weighted by atomic mass is 35.5. The van der Waals surface area contributed by atoms with E-state index in [4.69, 9.17) is 27.9 Å². The highest BCUT2D eigenvalue weighted by Gasteiger charge is 2.25. The summed E-state index contributed by atoms with van der Waals surface area (Å²) in [5.74, 6) is -0.145. The SMILES string of the molecule is CC(Oc1ccc(Cl)cc1Cl)C(=O)NC(C)c1nc2ccccc2n1C(F)F. The van der Waals surface area contributed by atoms with Crippen molar-refractivity contribution in [2.45, 2.75) is 32.5 Å². The summed E-state index contributed by atoms with van der Waals surface area (Å²) in [4.78, 5) is 16.7. The minimum Gasteiger partial charge on any atom is -0.479 e. The summed E-state index contributed by atoms with van der Waals surface area (Å²) >= 11 is 11.9. The summed E-state index contributed by atoms with van der Waals surface area (Å²) in [5, 5.41) is 3.36. The lowest BCUT2D eigenvalue weighted by atomic mass is 10.2. The molecule has 0 saturated carbocycles. The van der Waals surface area contributed by atoms with Gasteiger partial charge >= 0.3 is 6.55 Å². The Kier molecular flexibility index (Phi) is 6.05. The predicted molar refractivity (Wildman–Crippen MR) is 104 cm³/mol. The summed E-state index contributed by atoms with van der Waals surface area (Å²) < 4.78 is 33.5. The van der Waals surface area contributed by atoms with E-state index in [0.717, 1.165) is 4.57 Å². The second-order valence-electron chi connectivity index (χ2n) is 6.17. The number of rotatable bonds is 6. The van der Waals surface area contributed by atoms with Gasteiger partial charge in [-0.15, -0.1) is 0 Å². The maximum absolute atomic E-state index is 13.6. The molecule has 1 amide bonds. The standard InChI is InChI=1S/C19H17Cl2F2N3O2/c1-10(17-25-14-5-3-4-6-15(14)26(17)19(22)23)24-18(27)11(2)28-16-8-7-12(20)9-13(16)21/h3-11,19H,1-2H3,(H,24,27). The molecule has 3 aromatic rings. The van der Waals surface area contributed by atoms with Crippen LogP contribution in [0.2, 0.25) is 10.0 Å². The average molecular weight is 428 g/mol. The molecule has 28 heavy (non-hydrogen) atoms. The van der Waals surface area contributed by atoms with Crippen LogP contribution in [0.5, 0.6) is 5.75 Å². The lowest BCUT2D eigenvalue weighted by Gasteiger charge is -2.20. The molecule has 1 heterocycles. The maximum atomic E-state index is 13.6. The lowest BCUT2D eigenvalue weighted by molar-refractivity contribution is -0.128. The fraction of sp³-hybridized carbons (Fsp3) is 0.263. The third-order valence-corrected chi connectivity index (χ3v) is 4.66. The molecule has 5 nitrogen and oxygen atoms in total. The summed E-state index contributed by atoms with van der Waals surface area (Å²) in [6.45, 7) is 0.326. The van der Waals surface area contributed by atoms with Gasteiger partial charge in [-0.2, -0.15) is 8.78 Å². The second kappa shape index (κ2) is 8.32. The molecule has 2 unspecified atom stereocenters. The normalized spacial score (nSPS) is 13.5. The van der Waals surface area contributed by atoms with Gasteiger partial charge in [0, 0.05) is 5.02 Å². The van der Waals surface area contributed by atoms with Gasteiger partial charge in [0.05, 0.1) is 22.1 Å². The van der Waals surface area contributed by atoms with Crippen LogP contribution in [0.4, 0.5) is 8.78 Å². The summed E-state index contributed by atoms with van der Waals surface area (Å²) in [6.07, 6.45) is -0.912. The van der Waals surface area contributed by atoms with E-state index >= 15 is 0 Å². The summed E-state index contributed by atoms with van der Waals surface area (Å²) in [7, 11) is 0. The van der Waals surface area contributed by atoms with E-state index in [0.29, 0.717) is 21.8 Å². The van der Waals surface area contributed by atoms with E-state index in [1.807, 2.05) is 0 Å². The largest absolute Gasteiger partial charge is 0.479 e. The molecular formula is C19H17Cl2F2N3O2. The Balaban J connectivity index is 1.77. The number of hydrogen-bond donors (Lipinski definition) is 1. The van der Waals surface area contributed by atoms with E-state index < -0.39 is 24.6 Å². The van der Waals surface area contributed by atoms with Crippen LogP contribution >= 0.6 is 23.2 Å². The van der Waals surface area contributed by atoms with E-state index in [9.17, 15) is 13.6 Å². The van der Waals surface area contributed by atoms with Gasteiger partial charge in [-0.1, -0.05) is 35.3 Å². The molecule has 0 aliphatic heterocycles. The van der Waals surface area contributed by atoms with Crippen molar-refractivity contribution in [1.82, 2.24) is 14.9 Å². The molecule has 0 radical (unpaired) electrons. The fourth-order valence-corrected chi connectivity index (χ4v) is 3.24. The van der Waals surface area contributed by atoms with Crippen molar-refractivity contribution in [1.29, 1.82) is 0 Å². The first kappa shape index (κ1) is 20.4. The van der Waals surface area contributed by atoms with E-state index in [2.05, 4.69) is 10.3 Å². The summed E-state index contributed by atoms with van der Waals surface area (Å²) in [5.41, 5.74) is 0.724. The number of carbonyl (C=O) groups is 1. The molecule has 0 saturated heterocycles. The predicted octanol–water partition coefficient (Wildman–Crippen LogP) is 5.38. The molecule has 1 N–H and O–H groups in total. The van der Waals surface area contributed by atoms with Crippen molar-refractivity contribution < 1.29 is 18.3 Å². The van der Waals surface area contributed by atoms with Gasteiger partial charge in [-0.25, -0.2) is 4.98 Å². The topological polar surface area (TPSA) is 56.1 Å². The molecule has 2 atom stereocenters. The van der Waals surface area contributed by atoms with Crippen molar-refractivity contribution in [2.75, 3.05) is 0 Å². The summed E-state index contributed by atoms with van der Waals surface area (Å²) in [6, 6.07) is 10.4. The van der Waals surface area contributed by atoms with Crippen LogP contribution in [-0.2, 0) is 4.79 Å². The average Bonchev–Trinajstić information content (AvgIpc) is 3.03. The highest BCUT2D eigenvalue weighted by molar-refractivity contribution is 6.35. The van der Waals surface area contributed by atoms with Crippen LogP contribution in [0.15, 0.2) is 42.5 Å². The number of alkyl halides is 2. The molecule has 0 spiro atoms. The number of nitrogens with one attached hydrogen (secondary N) is 1. The van der Waals surface area contributed by atoms with Crippen molar-refractivity contribution >= 4 is 40.1 Å². The van der Waals surface area contributed by atoms with Crippen LogP contribution in [0.3, 0.4) is 0 Å². The van der Waals surface area contributed by atoms with Crippen molar-refractivity contribution in [2.24, 2.45) is 0 Å². The zero-order valence-corrected chi connectivity index (χ0v) is 16.5. The van der Waals surface area contributed by atoms with Crippen LogP contribution in [-0.4, -0.2) is 21.6 Å². The number of nitrogens with zero attached hydrogens (tertiary/aromatic N) is 2. The molecule has 9 heteroatoms. The van der Waals surface area contributed by atoms with Crippen molar-refractivity contribution in [3.63, 3.8) is 0 Å². The number of imidazole rings is 1. The quantitative estimate of drug-likeness (QED) is 0.574. The molecule has 0 aliphatic carbocycles. The molecule has 0 aliphatic rings. The van der Waals surface area contributed by atoms with E-state index in [1.54, 1.807) is 43.3 Å². The maximum Gasteiger partial charge on any atom is 0.320 e. The van der Waals surface area contributed by atoms with Gasteiger partial charge in [0.2, 0.25) is 0 Å². The number of para-hydroxylation sites is 2. The molecule has 2 aromatic carbocycles. The zero-order valence-electron chi connectivity index (χ0n) is 15.0.